The lowest BCUT2D eigenvalue weighted by atomic mass is 9.90. The van der Waals surface area contributed by atoms with E-state index in [0.717, 1.165) is 64.6 Å². The molecule has 2 rings (SSSR count). The highest BCUT2D eigenvalue weighted by Crippen LogP contribution is 2.30. The summed E-state index contributed by atoms with van der Waals surface area (Å²) in [7, 11) is 0. The minimum absolute atomic E-state index is 0.0438. The molecule has 2 fully saturated rings. The summed E-state index contributed by atoms with van der Waals surface area (Å²) in [4.78, 5) is 2.54. The molecule has 5 nitrogen and oxygen atoms in total. The topological polar surface area (TPSA) is 40.2 Å². The van der Waals surface area contributed by atoms with Gasteiger partial charge in [0, 0.05) is 51.7 Å². The molecule has 0 amide bonds. The largest absolute Gasteiger partial charge is 0.381 e. The van der Waals surface area contributed by atoms with Crippen LogP contribution in [0.1, 0.15) is 73.6 Å². The van der Waals surface area contributed by atoms with Crippen LogP contribution in [-0.2, 0) is 18.9 Å². The molecular weight excluding hydrogens is 354 g/mol. The van der Waals surface area contributed by atoms with Crippen molar-refractivity contribution in [2.24, 2.45) is 5.92 Å². The highest BCUT2D eigenvalue weighted by molar-refractivity contribution is 4.88. The zero-order valence-electron chi connectivity index (χ0n) is 19.3. The van der Waals surface area contributed by atoms with Gasteiger partial charge in [-0.15, -0.1) is 0 Å². The molecule has 1 aliphatic heterocycles. The van der Waals surface area contributed by atoms with Gasteiger partial charge in [0.15, 0.2) is 0 Å². The number of ether oxygens (including phenoxy) is 4. The second kappa shape index (κ2) is 11.3. The summed E-state index contributed by atoms with van der Waals surface area (Å²) in [6.45, 7) is 19.7. The monoisotopic (exact) mass is 399 g/mol. The van der Waals surface area contributed by atoms with Crippen LogP contribution in [0.5, 0.6) is 0 Å². The normalized spacial score (nSPS) is 24.2. The van der Waals surface area contributed by atoms with Crippen LogP contribution >= 0.6 is 0 Å². The summed E-state index contributed by atoms with van der Waals surface area (Å²) >= 11 is 0. The maximum atomic E-state index is 5.93. The molecule has 1 saturated heterocycles. The third-order valence-electron chi connectivity index (χ3n) is 5.51. The standard InChI is InChI=1S/C23H45NO4/c1-22(2,3)24-17-19(18-24)9-14-26-11-7-10-25-12-8-13-27-20-15-21(16-20)28-23(4,5)6/h19-21H,7-18H2,1-6H3. The first-order valence-electron chi connectivity index (χ1n) is 11.3. The van der Waals surface area contributed by atoms with Gasteiger partial charge in [0.25, 0.3) is 0 Å². The number of hydrogen-bond acceptors (Lipinski definition) is 5. The first-order valence-corrected chi connectivity index (χ1v) is 11.3. The van der Waals surface area contributed by atoms with E-state index in [1.807, 2.05) is 0 Å². The second-order valence-electron chi connectivity index (χ2n) is 10.5. The minimum Gasteiger partial charge on any atom is -0.381 e. The molecule has 0 aromatic carbocycles. The van der Waals surface area contributed by atoms with E-state index in [9.17, 15) is 0 Å². The molecule has 0 N–H and O–H groups in total. The van der Waals surface area contributed by atoms with Crippen molar-refractivity contribution in [2.75, 3.05) is 46.1 Å². The molecule has 1 heterocycles. The molecule has 0 atom stereocenters. The van der Waals surface area contributed by atoms with Crippen LogP contribution in [0.25, 0.3) is 0 Å². The summed E-state index contributed by atoms with van der Waals surface area (Å²) in [5.41, 5.74) is 0.276. The van der Waals surface area contributed by atoms with Crippen LogP contribution < -0.4 is 0 Å². The van der Waals surface area contributed by atoms with Gasteiger partial charge < -0.3 is 18.9 Å². The van der Waals surface area contributed by atoms with Gasteiger partial charge in [-0.2, -0.15) is 0 Å². The summed E-state index contributed by atoms with van der Waals surface area (Å²) in [6, 6.07) is 0. The maximum absolute atomic E-state index is 5.93. The second-order valence-corrected chi connectivity index (χ2v) is 10.5. The van der Waals surface area contributed by atoms with Crippen molar-refractivity contribution >= 4 is 0 Å². The van der Waals surface area contributed by atoms with Crippen LogP contribution in [0.3, 0.4) is 0 Å². The van der Waals surface area contributed by atoms with Gasteiger partial charge in [-0.25, -0.2) is 0 Å². The predicted molar refractivity (Wildman–Crippen MR) is 114 cm³/mol. The van der Waals surface area contributed by atoms with Crippen LogP contribution in [0.15, 0.2) is 0 Å². The Morgan fingerprint density at radius 2 is 1.32 bits per heavy atom. The highest BCUT2D eigenvalue weighted by Gasteiger charge is 2.34. The van der Waals surface area contributed by atoms with E-state index in [1.54, 1.807) is 0 Å². The lowest BCUT2D eigenvalue weighted by molar-refractivity contribution is -0.149. The zero-order valence-corrected chi connectivity index (χ0v) is 19.3. The van der Waals surface area contributed by atoms with E-state index in [2.05, 4.69) is 46.4 Å². The number of nitrogens with zero attached hydrogens (tertiary/aromatic N) is 1. The molecule has 0 radical (unpaired) electrons. The minimum atomic E-state index is -0.0438. The summed E-state index contributed by atoms with van der Waals surface area (Å²) < 4.78 is 23.2. The number of rotatable bonds is 13. The third kappa shape index (κ3) is 9.53. The van der Waals surface area contributed by atoms with E-state index >= 15 is 0 Å². The van der Waals surface area contributed by atoms with Gasteiger partial charge in [-0.3, -0.25) is 4.90 Å². The first kappa shape index (κ1) is 24.1. The number of hydrogen-bond donors (Lipinski definition) is 0. The molecular formula is C23H45NO4. The van der Waals surface area contributed by atoms with Crippen LogP contribution in [0, 0.1) is 5.92 Å². The highest BCUT2D eigenvalue weighted by atomic mass is 16.5. The van der Waals surface area contributed by atoms with Crippen molar-refractivity contribution in [1.29, 1.82) is 0 Å². The van der Waals surface area contributed by atoms with Gasteiger partial charge in [0.2, 0.25) is 0 Å². The molecule has 0 bridgehead atoms. The fourth-order valence-corrected chi connectivity index (χ4v) is 3.68. The van der Waals surface area contributed by atoms with Gasteiger partial charge in [-0.05, 0) is 79.6 Å². The smallest absolute Gasteiger partial charge is 0.0631 e. The summed E-state index contributed by atoms with van der Waals surface area (Å²) in [5, 5.41) is 0. The van der Waals surface area contributed by atoms with Gasteiger partial charge in [-0.1, -0.05) is 0 Å². The predicted octanol–water partition coefficient (Wildman–Crippen LogP) is 4.28. The average molecular weight is 400 g/mol. The SMILES string of the molecule is CC(C)(C)OC1CC(OCCCOCCCOCCC2CN(C(C)(C)C)C2)C1. The first-order chi connectivity index (χ1) is 13.1. The molecule has 0 unspecified atom stereocenters. The average Bonchev–Trinajstić information content (AvgIpc) is 2.48. The van der Waals surface area contributed by atoms with Crippen molar-refractivity contribution in [1.82, 2.24) is 4.90 Å². The van der Waals surface area contributed by atoms with Crippen LogP contribution in [0.4, 0.5) is 0 Å². The molecule has 0 aromatic rings. The molecule has 28 heavy (non-hydrogen) atoms. The fourth-order valence-electron chi connectivity index (χ4n) is 3.68. The van der Waals surface area contributed by atoms with E-state index in [1.165, 1.54) is 19.5 Å². The third-order valence-corrected chi connectivity index (χ3v) is 5.51. The Kier molecular flexibility index (Phi) is 9.68. The van der Waals surface area contributed by atoms with E-state index in [4.69, 9.17) is 18.9 Å². The van der Waals surface area contributed by atoms with E-state index < -0.39 is 0 Å². The quantitative estimate of drug-likeness (QED) is 0.432. The van der Waals surface area contributed by atoms with Gasteiger partial charge in [0.1, 0.15) is 0 Å². The van der Waals surface area contributed by atoms with Crippen LogP contribution in [0.2, 0.25) is 0 Å². The zero-order chi connectivity index (χ0) is 20.6. The van der Waals surface area contributed by atoms with Crippen molar-refractivity contribution in [3.63, 3.8) is 0 Å². The van der Waals surface area contributed by atoms with Crippen molar-refractivity contribution in [2.45, 2.75) is 97.0 Å². The van der Waals surface area contributed by atoms with Crippen molar-refractivity contribution in [3.05, 3.63) is 0 Å². The molecule has 5 heteroatoms. The lowest BCUT2D eigenvalue weighted by Gasteiger charge is -2.47. The van der Waals surface area contributed by atoms with Crippen LogP contribution in [-0.4, -0.2) is 74.4 Å². The van der Waals surface area contributed by atoms with Gasteiger partial charge in [0.05, 0.1) is 17.8 Å². The lowest BCUT2D eigenvalue weighted by Crippen LogP contribution is -2.55. The summed E-state index contributed by atoms with van der Waals surface area (Å²) in [5.74, 6) is 0.821. The Morgan fingerprint density at radius 1 is 0.750 bits per heavy atom. The molecule has 166 valence electrons. The molecule has 1 aliphatic carbocycles. The Hall–Kier alpha value is -0.200. The Balaban J connectivity index is 1.27. The molecule has 1 saturated carbocycles. The number of likely N-dealkylation sites (tertiary alicyclic amines) is 1. The van der Waals surface area contributed by atoms with E-state index in [-0.39, 0.29) is 5.60 Å². The molecule has 0 spiro atoms. The van der Waals surface area contributed by atoms with Crippen molar-refractivity contribution in [3.8, 4) is 0 Å². The fraction of sp³-hybridized carbons (Fsp3) is 1.00. The van der Waals surface area contributed by atoms with Gasteiger partial charge >= 0.3 is 0 Å². The molecule has 2 aliphatic rings. The Labute approximate surface area is 173 Å². The summed E-state index contributed by atoms with van der Waals surface area (Å²) in [6.07, 6.45) is 5.96. The Morgan fingerprint density at radius 3 is 1.89 bits per heavy atom. The molecule has 0 aromatic heterocycles. The van der Waals surface area contributed by atoms with Crippen molar-refractivity contribution < 1.29 is 18.9 Å². The van der Waals surface area contributed by atoms with E-state index in [0.29, 0.717) is 17.7 Å². The maximum Gasteiger partial charge on any atom is 0.0631 e. The Bertz CT molecular complexity index is 417.